The fraction of sp³-hybridized carbons (Fsp3) is 0.833. The molecule has 2 amide bonds. The first kappa shape index (κ1) is 11.6. The van der Waals surface area contributed by atoms with Gasteiger partial charge in [-0.2, -0.15) is 0 Å². The van der Waals surface area contributed by atoms with E-state index < -0.39 is 5.60 Å². The Balaban J connectivity index is 2.12. The van der Waals surface area contributed by atoms with E-state index in [9.17, 15) is 14.7 Å². The second-order valence-corrected chi connectivity index (χ2v) is 5.89. The van der Waals surface area contributed by atoms with Crippen molar-refractivity contribution in [1.82, 2.24) is 4.90 Å². The van der Waals surface area contributed by atoms with Crippen LogP contribution in [0.25, 0.3) is 0 Å². The number of carbonyl (C=O) groups excluding carboxylic acids is 2. The van der Waals surface area contributed by atoms with Crippen molar-refractivity contribution >= 4 is 11.8 Å². The van der Waals surface area contributed by atoms with Crippen LogP contribution in [0, 0.1) is 17.3 Å². The largest absolute Gasteiger partial charge is 0.388 e. The smallest absolute Gasteiger partial charge is 0.233 e. The molecule has 1 saturated heterocycles. The number of piperidine rings is 1. The number of rotatable bonds is 3. The molecule has 3 unspecified atom stereocenters. The highest BCUT2D eigenvalue weighted by atomic mass is 16.3. The van der Waals surface area contributed by atoms with Crippen LogP contribution >= 0.6 is 0 Å². The number of hydrogen-bond acceptors (Lipinski definition) is 3. The van der Waals surface area contributed by atoms with Gasteiger partial charge in [0.2, 0.25) is 11.8 Å². The zero-order chi connectivity index (χ0) is 12.3. The van der Waals surface area contributed by atoms with Crippen LogP contribution in [0.3, 0.4) is 0 Å². The Hall–Kier alpha value is -0.900. The maximum Gasteiger partial charge on any atom is 0.233 e. The molecule has 1 heterocycles. The predicted molar refractivity (Wildman–Crippen MR) is 58.4 cm³/mol. The molecule has 1 saturated carbocycles. The molecule has 16 heavy (non-hydrogen) atoms. The molecule has 1 aliphatic heterocycles. The van der Waals surface area contributed by atoms with E-state index in [4.69, 9.17) is 0 Å². The molecule has 0 bridgehead atoms. The van der Waals surface area contributed by atoms with E-state index in [0.717, 1.165) is 0 Å². The van der Waals surface area contributed by atoms with Crippen molar-refractivity contribution in [2.24, 2.45) is 17.3 Å². The standard InChI is InChI=1S/C12H19NO3/c1-5-12(4,16)6-13-9(14)7-8(10(13)15)11(7,2)3/h7-8,16H,5-6H2,1-4H3. The van der Waals surface area contributed by atoms with Crippen molar-refractivity contribution < 1.29 is 14.7 Å². The lowest BCUT2D eigenvalue weighted by atomic mass is 10.0. The predicted octanol–water partition coefficient (Wildman–Crippen LogP) is 0.788. The number of aliphatic hydroxyl groups is 1. The van der Waals surface area contributed by atoms with Crippen LogP contribution < -0.4 is 0 Å². The fourth-order valence-electron chi connectivity index (χ4n) is 2.61. The van der Waals surface area contributed by atoms with Crippen molar-refractivity contribution in [3.63, 3.8) is 0 Å². The van der Waals surface area contributed by atoms with Gasteiger partial charge < -0.3 is 5.11 Å². The molecule has 2 aliphatic rings. The lowest BCUT2D eigenvalue weighted by molar-refractivity contribution is -0.146. The van der Waals surface area contributed by atoms with Crippen LogP contribution in [-0.2, 0) is 9.59 Å². The summed E-state index contributed by atoms with van der Waals surface area (Å²) in [6.07, 6.45) is 0.531. The fourth-order valence-corrected chi connectivity index (χ4v) is 2.61. The number of nitrogens with zero attached hydrogens (tertiary/aromatic N) is 1. The van der Waals surface area contributed by atoms with E-state index >= 15 is 0 Å². The molecule has 0 aromatic heterocycles. The van der Waals surface area contributed by atoms with E-state index in [1.54, 1.807) is 6.92 Å². The molecular weight excluding hydrogens is 206 g/mol. The highest BCUT2D eigenvalue weighted by molar-refractivity contribution is 6.10. The average Bonchev–Trinajstić information content (AvgIpc) is 2.65. The van der Waals surface area contributed by atoms with Crippen molar-refractivity contribution in [3.05, 3.63) is 0 Å². The molecule has 3 atom stereocenters. The monoisotopic (exact) mass is 225 g/mol. The van der Waals surface area contributed by atoms with Crippen LogP contribution in [0.2, 0.25) is 0 Å². The van der Waals surface area contributed by atoms with Gasteiger partial charge in [0.05, 0.1) is 24.0 Å². The zero-order valence-electron chi connectivity index (χ0n) is 10.3. The van der Waals surface area contributed by atoms with Gasteiger partial charge in [-0.15, -0.1) is 0 Å². The van der Waals surface area contributed by atoms with E-state index in [1.807, 2.05) is 20.8 Å². The molecule has 2 rings (SSSR count). The van der Waals surface area contributed by atoms with Gasteiger partial charge in [0.15, 0.2) is 0 Å². The van der Waals surface area contributed by atoms with Gasteiger partial charge in [-0.3, -0.25) is 14.5 Å². The molecule has 0 radical (unpaired) electrons. The summed E-state index contributed by atoms with van der Waals surface area (Å²) in [6, 6.07) is 0. The summed E-state index contributed by atoms with van der Waals surface area (Å²) in [5.41, 5.74) is -1.13. The first-order valence-corrected chi connectivity index (χ1v) is 5.80. The van der Waals surface area contributed by atoms with Crippen LogP contribution in [0.1, 0.15) is 34.1 Å². The summed E-state index contributed by atoms with van der Waals surface area (Å²) < 4.78 is 0. The number of likely N-dealkylation sites (tertiary alicyclic amines) is 1. The maximum absolute atomic E-state index is 12.0. The maximum atomic E-state index is 12.0. The summed E-state index contributed by atoms with van der Waals surface area (Å²) in [4.78, 5) is 25.2. The number of fused-ring (bicyclic) bond motifs is 1. The van der Waals surface area contributed by atoms with Gasteiger partial charge in [0.25, 0.3) is 0 Å². The van der Waals surface area contributed by atoms with Gasteiger partial charge in [-0.25, -0.2) is 0 Å². The van der Waals surface area contributed by atoms with Gasteiger partial charge in [0, 0.05) is 0 Å². The molecule has 0 aromatic carbocycles. The van der Waals surface area contributed by atoms with Crippen molar-refractivity contribution in [2.45, 2.75) is 39.7 Å². The number of carbonyl (C=O) groups is 2. The first-order valence-electron chi connectivity index (χ1n) is 5.80. The van der Waals surface area contributed by atoms with E-state index in [-0.39, 0.29) is 35.6 Å². The molecule has 0 spiro atoms. The topological polar surface area (TPSA) is 57.6 Å². The Morgan fingerprint density at radius 1 is 1.31 bits per heavy atom. The summed E-state index contributed by atoms with van der Waals surface area (Å²) in [5, 5.41) is 9.90. The Bertz CT molecular complexity index is 335. The molecule has 2 fully saturated rings. The first-order chi connectivity index (χ1) is 7.22. The van der Waals surface area contributed by atoms with Crippen molar-refractivity contribution in [1.29, 1.82) is 0 Å². The summed E-state index contributed by atoms with van der Waals surface area (Å²) >= 11 is 0. The average molecular weight is 225 g/mol. The van der Waals surface area contributed by atoms with Crippen molar-refractivity contribution in [3.8, 4) is 0 Å². The van der Waals surface area contributed by atoms with Crippen LogP contribution in [0.5, 0.6) is 0 Å². The lowest BCUT2D eigenvalue weighted by Gasteiger charge is -2.29. The van der Waals surface area contributed by atoms with Gasteiger partial charge in [-0.1, -0.05) is 20.8 Å². The number of hydrogen-bond donors (Lipinski definition) is 1. The van der Waals surface area contributed by atoms with E-state index in [0.29, 0.717) is 6.42 Å². The summed E-state index contributed by atoms with van der Waals surface area (Å²) in [6.45, 7) is 7.53. The highest BCUT2D eigenvalue weighted by Gasteiger charge is 2.72. The molecule has 4 nitrogen and oxygen atoms in total. The molecular formula is C12H19NO3. The Labute approximate surface area is 95.6 Å². The molecule has 90 valence electrons. The van der Waals surface area contributed by atoms with E-state index in [1.165, 1.54) is 4.90 Å². The minimum absolute atomic E-state index is 0.103. The third kappa shape index (κ3) is 1.39. The third-order valence-electron chi connectivity index (χ3n) is 4.15. The lowest BCUT2D eigenvalue weighted by Crippen LogP contribution is -2.46. The Morgan fingerprint density at radius 2 is 1.75 bits per heavy atom. The highest BCUT2D eigenvalue weighted by Crippen LogP contribution is 2.63. The third-order valence-corrected chi connectivity index (χ3v) is 4.15. The Kier molecular flexibility index (Phi) is 2.22. The number of amides is 2. The summed E-state index contributed by atoms with van der Waals surface area (Å²) in [7, 11) is 0. The Morgan fingerprint density at radius 3 is 2.12 bits per heavy atom. The molecule has 1 N–H and O–H groups in total. The van der Waals surface area contributed by atoms with Crippen LogP contribution in [0.15, 0.2) is 0 Å². The van der Waals surface area contributed by atoms with Crippen molar-refractivity contribution in [2.75, 3.05) is 6.54 Å². The minimum Gasteiger partial charge on any atom is -0.388 e. The number of β-amino-alcohol motifs (C(OH)–C–C–N with tert-alkyl or cyclic N) is 1. The SMILES string of the molecule is CCC(C)(O)CN1C(=O)C2C(C1=O)C2(C)C. The second-order valence-electron chi connectivity index (χ2n) is 5.89. The van der Waals surface area contributed by atoms with Gasteiger partial charge in [0.1, 0.15) is 0 Å². The molecule has 4 heteroatoms. The van der Waals surface area contributed by atoms with Gasteiger partial charge in [-0.05, 0) is 18.8 Å². The summed E-state index contributed by atoms with van der Waals surface area (Å²) in [5.74, 6) is -0.497. The second kappa shape index (κ2) is 3.06. The minimum atomic E-state index is -0.966. The van der Waals surface area contributed by atoms with E-state index in [2.05, 4.69) is 0 Å². The quantitative estimate of drug-likeness (QED) is 0.722. The van der Waals surface area contributed by atoms with Gasteiger partial charge >= 0.3 is 0 Å². The normalized spacial score (nSPS) is 34.9. The number of imide groups is 1. The van der Waals surface area contributed by atoms with Crippen LogP contribution in [0.4, 0.5) is 0 Å². The molecule has 0 aromatic rings. The molecule has 1 aliphatic carbocycles. The zero-order valence-corrected chi connectivity index (χ0v) is 10.3. The van der Waals surface area contributed by atoms with Crippen LogP contribution in [-0.4, -0.2) is 34.0 Å².